The maximum Gasteiger partial charge on any atom is 0.119 e. The lowest BCUT2D eigenvalue weighted by Gasteiger charge is -2.54. The van der Waals surface area contributed by atoms with Gasteiger partial charge in [-0.15, -0.1) is 5.10 Å². The van der Waals surface area contributed by atoms with Gasteiger partial charge in [-0.2, -0.15) is 0 Å². The second-order valence-electron chi connectivity index (χ2n) is 10.2. The Balaban J connectivity index is 1.48. The molecule has 32 heavy (non-hydrogen) atoms. The highest BCUT2D eigenvalue weighted by Crippen LogP contribution is 2.52. The predicted octanol–water partition coefficient (Wildman–Crippen LogP) is 5.44. The molecule has 3 atom stereocenters. The lowest BCUT2D eigenvalue weighted by Crippen LogP contribution is -2.54. The summed E-state index contributed by atoms with van der Waals surface area (Å²) in [5.41, 5.74) is 5.10. The molecule has 1 saturated carbocycles. The molecular formula is C27H34N4O. The molecule has 2 aliphatic rings. The quantitative estimate of drug-likeness (QED) is 0.541. The van der Waals surface area contributed by atoms with Crippen LogP contribution in [0.15, 0.2) is 54.7 Å². The first kappa shape index (κ1) is 21.0. The van der Waals surface area contributed by atoms with Crippen molar-refractivity contribution in [3.05, 3.63) is 71.5 Å². The fourth-order valence-electron chi connectivity index (χ4n) is 5.96. The summed E-state index contributed by atoms with van der Waals surface area (Å²) in [4.78, 5) is 2.61. The van der Waals surface area contributed by atoms with E-state index < -0.39 is 0 Å². The van der Waals surface area contributed by atoms with Crippen LogP contribution in [0, 0.1) is 11.8 Å². The summed E-state index contributed by atoms with van der Waals surface area (Å²) in [5.74, 6) is 2.31. The molecule has 3 unspecified atom stereocenters. The third-order valence-corrected chi connectivity index (χ3v) is 7.72. The molecule has 3 aromatic rings. The van der Waals surface area contributed by atoms with Crippen molar-refractivity contribution >= 4 is 5.69 Å². The van der Waals surface area contributed by atoms with Crippen molar-refractivity contribution in [3.63, 3.8) is 0 Å². The number of aromatic nitrogens is 3. The van der Waals surface area contributed by atoms with Crippen molar-refractivity contribution in [2.24, 2.45) is 11.8 Å². The summed E-state index contributed by atoms with van der Waals surface area (Å²) in [7, 11) is 1.76. The monoisotopic (exact) mass is 430 g/mol. The van der Waals surface area contributed by atoms with E-state index in [-0.39, 0.29) is 5.41 Å². The van der Waals surface area contributed by atoms with Crippen LogP contribution in [-0.2, 0) is 18.5 Å². The Morgan fingerprint density at radius 2 is 1.88 bits per heavy atom. The maximum absolute atomic E-state index is 5.60. The van der Waals surface area contributed by atoms with E-state index in [0.717, 1.165) is 30.5 Å². The van der Waals surface area contributed by atoms with Crippen LogP contribution in [0.4, 0.5) is 5.69 Å². The molecule has 0 spiro atoms. The van der Waals surface area contributed by atoms with Gasteiger partial charge in [-0.1, -0.05) is 62.7 Å². The molecule has 2 heterocycles. The van der Waals surface area contributed by atoms with Gasteiger partial charge in [0, 0.05) is 11.7 Å². The second-order valence-corrected chi connectivity index (χ2v) is 10.2. The normalized spacial score (nSPS) is 24.0. The summed E-state index contributed by atoms with van der Waals surface area (Å²) in [5, 5.41) is 8.98. The number of fused-ring (bicyclic) bond motifs is 2. The number of nitrogens with zero attached hydrogens (tertiary/aromatic N) is 4. The van der Waals surface area contributed by atoms with E-state index in [1.54, 1.807) is 7.11 Å². The van der Waals surface area contributed by atoms with Crippen molar-refractivity contribution in [3.8, 4) is 5.75 Å². The molecule has 5 rings (SSSR count). The van der Waals surface area contributed by atoms with Gasteiger partial charge < -0.3 is 9.64 Å². The summed E-state index contributed by atoms with van der Waals surface area (Å²) < 4.78 is 7.55. The summed E-state index contributed by atoms with van der Waals surface area (Å²) >= 11 is 0. The summed E-state index contributed by atoms with van der Waals surface area (Å²) in [6.07, 6.45) is 5.92. The average Bonchev–Trinajstić information content (AvgIpc) is 3.23. The number of anilines is 1. The molecule has 5 nitrogen and oxygen atoms in total. The largest absolute Gasteiger partial charge is 0.497 e. The van der Waals surface area contributed by atoms with Crippen molar-refractivity contribution in [1.29, 1.82) is 0 Å². The fourth-order valence-corrected chi connectivity index (χ4v) is 5.96. The second kappa shape index (κ2) is 8.27. The van der Waals surface area contributed by atoms with Crippen molar-refractivity contribution in [1.82, 2.24) is 15.0 Å². The smallest absolute Gasteiger partial charge is 0.119 e. The van der Waals surface area contributed by atoms with Gasteiger partial charge in [-0.3, -0.25) is 0 Å². The highest BCUT2D eigenvalue weighted by Gasteiger charge is 2.48. The Bertz CT molecular complexity index is 1070. The Morgan fingerprint density at radius 1 is 1.06 bits per heavy atom. The molecule has 1 fully saturated rings. The lowest BCUT2D eigenvalue weighted by molar-refractivity contribution is 0.150. The molecule has 168 valence electrons. The van der Waals surface area contributed by atoms with E-state index >= 15 is 0 Å². The molecule has 1 aliphatic heterocycles. The molecule has 2 aromatic carbocycles. The van der Waals surface area contributed by atoms with E-state index in [4.69, 9.17) is 4.74 Å². The van der Waals surface area contributed by atoms with Crippen LogP contribution in [0.1, 0.15) is 56.9 Å². The number of rotatable bonds is 5. The first-order valence-electron chi connectivity index (χ1n) is 11.8. The molecule has 0 N–H and O–H groups in total. The van der Waals surface area contributed by atoms with Crippen LogP contribution < -0.4 is 9.64 Å². The van der Waals surface area contributed by atoms with E-state index in [1.807, 2.05) is 10.7 Å². The Morgan fingerprint density at radius 3 is 2.66 bits per heavy atom. The first-order valence-corrected chi connectivity index (χ1v) is 11.8. The molecule has 0 amide bonds. The minimum absolute atomic E-state index is 0.121. The Labute approximate surface area is 191 Å². The maximum atomic E-state index is 5.60. The van der Waals surface area contributed by atoms with E-state index in [9.17, 15) is 0 Å². The van der Waals surface area contributed by atoms with E-state index in [1.165, 1.54) is 36.1 Å². The molecule has 0 bridgehead atoms. The molecule has 0 saturated heterocycles. The zero-order valence-electron chi connectivity index (χ0n) is 19.7. The van der Waals surface area contributed by atoms with Crippen LogP contribution >= 0.6 is 0 Å². The topological polar surface area (TPSA) is 43.2 Å². The number of hydrogen-bond donors (Lipinski definition) is 0. The van der Waals surface area contributed by atoms with Gasteiger partial charge in [0.15, 0.2) is 0 Å². The highest BCUT2D eigenvalue weighted by molar-refractivity contribution is 5.63. The van der Waals surface area contributed by atoms with Gasteiger partial charge in [0.2, 0.25) is 0 Å². The van der Waals surface area contributed by atoms with Crippen molar-refractivity contribution in [2.45, 2.75) is 64.6 Å². The van der Waals surface area contributed by atoms with Gasteiger partial charge in [0.25, 0.3) is 0 Å². The number of benzene rings is 2. The third kappa shape index (κ3) is 3.78. The minimum atomic E-state index is 0.121. The van der Waals surface area contributed by atoms with Crippen molar-refractivity contribution < 1.29 is 4.74 Å². The summed E-state index contributed by atoms with van der Waals surface area (Å²) in [6, 6.07) is 17.6. The Hall–Kier alpha value is -2.82. The van der Waals surface area contributed by atoms with Crippen LogP contribution in [0.2, 0.25) is 0 Å². The highest BCUT2D eigenvalue weighted by atomic mass is 16.5. The lowest BCUT2D eigenvalue weighted by atomic mass is 9.60. The molecule has 1 aromatic heterocycles. The average molecular weight is 431 g/mol. The number of methoxy groups -OCH3 is 1. The zero-order chi connectivity index (χ0) is 22.3. The van der Waals surface area contributed by atoms with Gasteiger partial charge in [-0.05, 0) is 59.4 Å². The fraction of sp³-hybridized carbons (Fsp3) is 0.481. The van der Waals surface area contributed by atoms with Gasteiger partial charge in [-0.25, -0.2) is 4.68 Å². The van der Waals surface area contributed by atoms with Crippen LogP contribution in [0.25, 0.3) is 0 Å². The molecule has 0 radical (unpaired) electrons. The van der Waals surface area contributed by atoms with Crippen LogP contribution in [0.5, 0.6) is 5.75 Å². The number of ether oxygens (including phenoxy) is 1. The first-order chi connectivity index (χ1) is 15.5. The molecule has 5 heteroatoms. The van der Waals surface area contributed by atoms with E-state index in [2.05, 4.69) is 84.6 Å². The minimum Gasteiger partial charge on any atom is -0.497 e. The van der Waals surface area contributed by atoms with Crippen molar-refractivity contribution in [2.75, 3.05) is 12.0 Å². The van der Waals surface area contributed by atoms with Gasteiger partial charge >= 0.3 is 0 Å². The van der Waals surface area contributed by atoms with Gasteiger partial charge in [0.05, 0.1) is 26.4 Å². The van der Waals surface area contributed by atoms with Gasteiger partial charge in [0.1, 0.15) is 11.4 Å². The molecular weight excluding hydrogens is 396 g/mol. The van der Waals surface area contributed by atoms with E-state index in [0.29, 0.717) is 12.0 Å². The third-order valence-electron chi connectivity index (χ3n) is 7.72. The number of hydrogen-bond acceptors (Lipinski definition) is 4. The standard InChI is InChI=1S/C27H34N4O/c1-19-10-12-23-26(14-19)31(25-13-11-22(32-4)15-24(25)27(23,2)3)18-21-17-30(29-28-21)16-20-8-6-5-7-9-20/h5-9,11,13,15,17,19,23,26H,10,12,14,16,18H2,1-4H3. The van der Waals surface area contributed by atoms with Crippen LogP contribution in [0.3, 0.4) is 0 Å². The predicted molar refractivity (Wildman–Crippen MR) is 128 cm³/mol. The zero-order valence-corrected chi connectivity index (χ0v) is 19.7. The van der Waals surface area contributed by atoms with Crippen LogP contribution in [-0.4, -0.2) is 28.1 Å². The Kier molecular flexibility index (Phi) is 5.44. The SMILES string of the molecule is COc1ccc2c(c1)C(C)(C)C1CCC(C)CC1N2Cc1cn(Cc2ccccc2)nn1. The summed E-state index contributed by atoms with van der Waals surface area (Å²) in [6.45, 7) is 8.79. The molecule has 1 aliphatic carbocycles.